The van der Waals surface area contributed by atoms with E-state index in [1.54, 1.807) is 24.3 Å². The number of aryl methyl sites for hydroxylation is 1. The van der Waals surface area contributed by atoms with E-state index in [2.05, 4.69) is 28.8 Å². The number of nitrogen functional groups attached to an aromatic ring is 1. The van der Waals surface area contributed by atoms with Crippen molar-refractivity contribution in [3.8, 4) is 5.88 Å². The van der Waals surface area contributed by atoms with Gasteiger partial charge in [0.15, 0.2) is 11.5 Å². The van der Waals surface area contributed by atoms with E-state index in [0.29, 0.717) is 39.8 Å². The van der Waals surface area contributed by atoms with Crippen LogP contribution >= 0.6 is 19.0 Å². The molecular weight excluding hydrogens is 519 g/mol. The molecule has 3 N–H and O–H groups in total. The highest BCUT2D eigenvalue weighted by Gasteiger charge is 2.35. The number of benzene rings is 2. The molecule has 38 heavy (non-hydrogen) atoms. The average Bonchev–Trinajstić information content (AvgIpc) is 2.86. The molecule has 1 atom stereocenters. The minimum atomic E-state index is -3.24. The lowest BCUT2D eigenvalue weighted by Crippen LogP contribution is -2.41. The number of hydrogen-bond donors (Lipinski definition) is 2. The number of rotatable bonds is 4. The maximum Gasteiger partial charge on any atom is 0.246 e. The van der Waals surface area contributed by atoms with Crippen molar-refractivity contribution in [2.75, 3.05) is 11.9 Å². The summed E-state index contributed by atoms with van der Waals surface area (Å²) in [6.45, 7) is 8.24. The molecule has 0 saturated heterocycles. The largest absolute Gasteiger partial charge is 0.463 e. The Kier molecular flexibility index (Phi) is 8.61. The molecule has 1 aliphatic heterocycles. The normalized spacial score (nSPS) is 21.6. The fourth-order valence-electron chi connectivity index (χ4n) is 4.88. The van der Waals surface area contributed by atoms with Crippen LogP contribution in [0.1, 0.15) is 57.6 Å². The summed E-state index contributed by atoms with van der Waals surface area (Å²) in [7, 11) is -3.24. The maximum atomic E-state index is 12.4. The molecule has 202 valence electrons. The SMILES string of the molecule is CC1CCC(CP(=O)(O)c2cccc(Cl)c2)CC1.Cc1ccc(C2=Nc3c(N)ncnc3OC2(C)C)cc1. The van der Waals surface area contributed by atoms with Gasteiger partial charge in [0.1, 0.15) is 11.9 Å². The first kappa shape index (κ1) is 28.3. The average molecular weight is 555 g/mol. The molecule has 2 heterocycles. The quantitative estimate of drug-likeness (QED) is 0.346. The van der Waals surface area contributed by atoms with Gasteiger partial charge in [-0.3, -0.25) is 4.57 Å². The zero-order valence-corrected chi connectivity index (χ0v) is 24.0. The van der Waals surface area contributed by atoms with E-state index in [4.69, 9.17) is 22.1 Å². The van der Waals surface area contributed by atoms with Crippen LogP contribution in [0.25, 0.3) is 0 Å². The summed E-state index contributed by atoms with van der Waals surface area (Å²) in [6, 6.07) is 15.0. The van der Waals surface area contributed by atoms with E-state index < -0.39 is 13.0 Å². The van der Waals surface area contributed by atoms with E-state index in [1.807, 2.05) is 38.1 Å². The Morgan fingerprint density at radius 1 is 1.11 bits per heavy atom. The predicted octanol–water partition coefficient (Wildman–Crippen LogP) is 6.72. The van der Waals surface area contributed by atoms with Gasteiger partial charge in [-0.2, -0.15) is 4.98 Å². The van der Waals surface area contributed by atoms with Crippen molar-refractivity contribution in [1.29, 1.82) is 0 Å². The van der Waals surface area contributed by atoms with Gasteiger partial charge >= 0.3 is 0 Å². The van der Waals surface area contributed by atoms with Crippen molar-refractivity contribution in [1.82, 2.24) is 9.97 Å². The molecule has 1 unspecified atom stereocenters. The minimum absolute atomic E-state index is 0.329. The predicted molar refractivity (Wildman–Crippen MR) is 155 cm³/mol. The third kappa shape index (κ3) is 6.82. The van der Waals surface area contributed by atoms with E-state index in [0.717, 1.165) is 30.0 Å². The number of nitrogens with two attached hydrogens (primary N) is 1. The highest BCUT2D eigenvalue weighted by molar-refractivity contribution is 7.66. The van der Waals surface area contributed by atoms with Crippen molar-refractivity contribution in [2.24, 2.45) is 16.8 Å². The van der Waals surface area contributed by atoms with Gasteiger partial charge in [0.05, 0.1) is 5.71 Å². The summed E-state index contributed by atoms with van der Waals surface area (Å²) in [5, 5.41) is 1.02. The third-order valence-corrected chi connectivity index (χ3v) is 9.47. The van der Waals surface area contributed by atoms with Crippen LogP contribution in [0, 0.1) is 18.8 Å². The molecular formula is C29H36ClN4O3P. The summed E-state index contributed by atoms with van der Waals surface area (Å²) in [5.41, 5.74) is 8.83. The Hall–Kier alpha value is -2.73. The molecule has 7 nitrogen and oxygen atoms in total. The van der Waals surface area contributed by atoms with Crippen molar-refractivity contribution in [3.05, 3.63) is 71.0 Å². The van der Waals surface area contributed by atoms with Crippen LogP contribution in [-0.2, 0) is 4.57 Å². The zero-order chi connectivity index (χ0) is 27.5. The molecule has 0 amide bonds. The van der Waals surface area contributed by atoms with Crippen LogP contribution in [0.5, 0.6) is 5.88 Å². The van der Waals surface area contributed by atoms with Gasteiger partial charge in [-0.25, -0.2) is 9.98 Å². The van der Waals surface area contributed by atoms with Crippen LogP contribution in [0.2, 0.25) is 5.02 Å². The Labute approximate surface area is 230 Å². The fourth-order valence-corrected chi connectivity index (χ4v) is 7.08. The Morgan fingerprint density at radius 2 is 1.79 bits per heavy atom. The van der Waals surface area contributed by atoms with Gasteiger partial charge in [-0.05, 0) is 63.6 Å². The fraction of sp³-hybridized carbons (Fsp3) is 0.414. The first-order valence-electron chi connectivity index (χ1n) is 13.0. The van der Waals surface area contributed by atoms with Gasteiger partial charge in [0.25, 0.3) is 0 Å². The molecule has 0 radical (unpaired) electrons. The second kappa shape index (κ2) is 11.6. The third-order valence-electron chi connectivity index (χ3n) is 7.14. The topological polar surface area (TPSA) is 111 Å². The lowest BCUT2D eigenvalue weighted by molar-refractivity contribution is 0.171. The van der Waals surface area contributed by atoms with Crippen LogP contribution in [-0.4, -0.2) is 32.3 Å². The highest BCUT2D eigenvalue weighted by atomic mass is 35.5. The van der Waals surface area contributed by atoms with Crippen LogP contribution in [0.3, 0.4) is 0 Å². The zero-order valence-electron chi connectivity index (χ0n) is 22.4. The number of aromatic nitrogens is 2. The van der Waals surface area contributed by atoms with Crippen LogP contribution < -0.4 is 15.8 Å². The number of fused-ring (bicyclic) bond motifs is 1. The molecule has 2 aromatic carbocycles. The monoisotopic (exact) mass is 554 g/mol. The smallest absolute Gasteiger partial charge is 0.246 e. The molecule has 9 heteroatoms. The first-order valence-corrected chi connectivity index (χ1v) is 15.2. The van der Waals surface area contributed by atoms with Gasteiger partial charge in [-0.15, -0.1) is 0 Å². The molecule has 1 aliphatic carbocycles. The number of anilines is 1. The van der Waals surface area contributed by atoms with E-state index >= 15 is 0 Å². The van der Waals surface area contributed by atoms with E-state index in [-0.39, 0.29) is 0 Å². The molecule has 0 spiro atoms. The lowest BCUT2D eigenvalue weighted by atomic mass is 9.84. The van der Waals surface area contributed by atoms with Crippen molar-refractivity contribution in [2.45, 2.75) is 59.0 Å². The summed E-state index contributed by atoms with van der Waals surface area (Å²) in [5.74, 6) is 1.91. The van der Waals surface area contributed by atoms with Gasteiger partial charge in [-0.1, -0.05) is 67.3 Å². The van der Waals surface area contributed by atoms with Gasteiger partial charge in [0.2, 0.25) is 13.2 Å². The summed E-state index contributed by atoms with van der Waals surface area (Å²) >= 11 is 5.88. The number of nitrogens with zero attached hydrogens (tertiary/aromatic N) is 3. The highest BCUT2D eigenvalue weighted by Crippen LogP contribution is 2.45. The molecule has 5 rings (SSSR count). The maximum absolute atomic E-state index is 12.4. The second-order valence-electron chi connectivity index (χ2n) is 10.8. The van der Waals surface area contributed by atoms with E-state index in [1.165, 1.54) is 24.7 Å². The molecule has 3 aromatic rings. The standard InChI is InChI=1S/C15H16N4O.C14H20ClO2P/c1-9-4-6-10(7-5-9)12-15(2,3)20-14-11(19-12)13(16)17-8-18-14;1-11-5-7-12(8-6-11)10-18(16,17)14-4-2-3-13(15)9-14/h4-8H,1-3H3,(H2,16,17,18);2-4,9,11-12H,5-8,10H2,1H3,(H,16,17). The van der Waals surface area contributed by atoms with Crippen molar-refractivity contribution < 1.29 is 14.2 Å². The molecule has 1 saturated carbocycles. The number of ether oxygens (including phenoxy) is 1. The lowest BCUT2D eigenvalue weighted by Gasteiger charge is -2.32. The molecule has 1 aromatic heterocycles. The molecule has 1 fully saturated rings. The van der Waals surface area contributed by atoms with Crippen molar-refractivity contribution in [3.63, 3.8) is 0 Å². The van der Waals surface area contributed by atoms with Gasteiger partial charge < -0.3 is 15.4 Å². The number of hydrogen-bond acceptors (Lipinski definition) is 6. The molecule has 2 aliphatic rings. The van der Waals surface area contributed by atoms with Gasteiger partial charge in [0, 0.05) is 22.1 Å². The minimum Gasteiger partial charge on any atom is -0.463 e. The Bertz CT molecular complexity index is 1350. The van der Waals surface area contributed by atoms with Crippen LogP contribution in [0.4, 0.5) is 11.5 Å². The summed E-state index contributed by atoms with van der Waals surface area (Å²) in [6.07, 6.45) is 6.30. The van der Waals surface area contributed by atoms with Crippen molar-refractivity contribution >= 4 is 41.5 Å². The van der Waals surface area contributed by atoms with E-state index in [9.17, 15) is 9.46 Å². The Morgan fingerprint density at radius 3 is 2.45 bits per heavy atom. The first-order chi connectivity index (χ1) is 17.9. The second-order valence-corrected chi connectivity index (χ2v) is 13.6. The Balaban J connectivity index is 0.000000178. The number of halogens is 1. The summed E-state index contributed by atoms with van der Waals surface area (Å²) < 4.78 is 18.3. The van der Waals surface area contributed by atoms with Crippen LogP contribution in [0.15, 0.2) is 59.9 Å². The molecule has 0 bridgehead atoms. The summed E-state index contributed by atoms with van der Waals surface area (Å²) in [4.78, 5) is 22.9. The number of aliphatic imine (C=N–C) groups is 1.